The van der Waals surface area contributed by atoms with Crippen LogP contribution in [0.2, 0.25) is 0 Å². The van der Waals surface area contributed by atoms with E-state index in [9.17, 15) is 4.79 Å². The minimum atomic E-state index is -0.141. The van der Waals surface area contributed by atoms with Crippen molar-refractivity contribution in [3.05, 3.63) is 33.5 Å². The van der Waals surface area contributed by atoms with E-state index in [1.807, 2.05) is 0 Å². The van der Waals surface area contributed by atoms with Gasteiger partial charge in [0.05, 0.1) is 24.9 Å². The molecule has 0 radical (unpaired) electrons. The molecule has 1 aliphatic heterocycles. The number of hydrogen-bond acceptors (Lipinski definition) is 8. The fourth-order valence-electron chi connectivity index (χ4n) is 3.23. The Kier molecular flexibility index (Phi) is 4.30. The number of hydrogen-bond donors (Lipinski definition) is 1. The first-order valence-electron chi connectivity index (χ1n) is 8.02. The second kappa shape index (κ2) is 6.58. The van der Waals surface area contributed by atoms with Crippen molar-refractivity contribution in [1.29, 1.82) is 0 Å². The highest BCUT2D eigenvalue weighted by Gasteiger charge is 2.33. The minimum absolute atomic E-state index is 0.0574. The van der Waals surface area contributed by atoms with Crippen LogP contribution in [0.5, 0.6) is 0 Å². The first kappa shape index (κ1) is 15.7. The third kappa shape index (κ3) is 2.94. The lowest BCUT2D eigenvalue weighted by atomic mass is 10.1. The van der Waals surface area contributed by atoms with Crippen LogP contribution < -0.4 is 10.9 Å². The summed E-state index contributed by atoms with van der Waals surface area (Å²) in [4.78, 5) is 16.8. The van der Waals surface area contributed by atoms with Crippen LogP contribution in [0.4, 0.5) is 5.13 Å². The monoisotopic (exact) mass is 349 g/mol. The van der Waals surface area contributed by atoms with Gasteiger partial charge >= 0.3 is 0 Å². The first-order valence-corrected chi connectivity index (χ1v) is 8.79. The molecule has 1 fully saturated rings. The van der Waals surface area contributed by atoms with Crippen molar-refractivity contribution in [3.63, 3.8) is 0 Å². The summed E-state index contributed by atoms with van der Waals surface area (Å²) in [5, 5.41) is 8.63. The van der Waals surface area contributed by atoms with Crippen LogP contribution >= 0.6 is 11.5 Å². The number of rotatable bonds is 5. The summed E-state index contributed by atoms with van der Waals surface area (Å²) in [6.07, 6.45) is 2.97. The summed E-state index contributed by atoms with van der Waals surface area (Å²) < 4.78 is 16.4. The molecule has 1 aliphatic carbocycles. The highest BCUT2D eigenvalue weighted by molar-refractivity contribution is 7.09. The van der Waals surface area contributed by atoms with E-state index in [4.69, 9.17) is 9.47 Å². The van der Waals surface area contributed by atoms with Crippen molar-refractivity contribution >= 4 is 16.7 Å². The third-order valence-electron chi connectivity index (χ3n) is 4.40. The molecule has 9 heteroatoms. The van der Waals surface area contributed by atoms with Crippen molar-refractivity contribution < 1.29 is 9.47 Å². The fourth-order valence-corrected chi connectivity index (χ4v) is 3.87. The third-order valence-corrected chi connectivity index (χ3v) is 5.08. The van der Waals surface area contributed by atoms with Gasteiger partial charge in [0.25, 0.3) is 5.56 Å². The molecule has 8 nitrogen and oxygen atoms in total. The Morgan fingerprint density at radius 2 is 2.38 bits per heavy atom. The van der Waals surface area contributed by atoms with Crippen molar-refractivity contribution in [2.75, 3.05) is 25.6 Å². The molecule has 0 aromatic carbocycles. The predicted molar refractivity (Wildman–Crippen MR) is 88.4 cm³/mol. The molecule has 2 atom stereocenters. The second-order valence-electron chi connectivity index (χ2n) is 6.06. The maximum atomic E-state index is 12.4. The van der Waals surface area contributed by atoms with Crippen molar-refractivity contribution in [1.82, 2.24) is 19.1 Å². The van der Waals surface area contributed by atoms with E-state index in [-0.39, 0.29) is 17.6 Å². The average molecular weight is 349 g/mol. The summed E-state index contributed by atoms with van der Waals surface area (Å²) in [5.41, 5.74) is 2.07. The molecular formula is C15H19N5O3S. The molecule has 0 amide bonds. The number of methoxy groups -OCH3 is 1. The Morgan fingerprint density at radius 1 is 1.46 bits per heavy atom. The number of nitrogens with zero attached hydrogens (tertiary/aromatic N) is 4. The second-order valence-corrected chi connectivity index (χ2v) is 6.81. The molecule has 0 bridgehead atoms. The Balaban J connectivity index is 1.55. The van der Waals surface area contributed by atoms with E-state index in [0.29, 0.717) is 30.8 Å². The van der Waals surface area contributed by atoms with Crippen LogP contribution in [0.3, 0.4) is 0 Å². The Hall–Kier alpha value is -1.84. The summed E-state index contributed by atoms with van der Waals surface area (Å²) in [6, 6.07) is 1.53. The lowest BCUT2D eigenvalue weighted by molar-refractivity contribution is 0.179. The van der Waals surface area contributed by atoms with Gasteiger partial charge in [-0.1, -0.05) is 0 Å². The number of fused-ring (bicyclic) bond motifs is 1. The van der Waals surface area contributed by atoms with Crippen LogP contribution in [-0.2, 0) is 28.9 Å². The first-order chi connectivity index (χ1) is 11.7. The van der Waals surface area contributed by atoms with Gasteiger partial charge in [0, 0.05) is 24.7 Å². The van der Waals surface area contributed by atoms with Crippen LogP contribution in [0.15, 0.2) is 10.9 Å². The standard InChI is InChI=1S/C15H19N5O3S/c1-22-8-13-17-15(24-19-13)16-11-6-23-7-12(11)20-14(21)5-9-3-2-4-10(9)18-20/h5,11-12H,2-4,6-8H2,1H3,(H,16,17,19). The molecule has 0 saturated carbocycles. The molecule has 2 aromatic rings. The van der Waals surface area contributed by atoms with Gasteiger partial charge in [0.15, 0.2) is 5.82 Å². The number of aryl methyl sites for hydroxylation is 2. The number of ether oxygens (including phenoxy) is 2. The quantitative estimate of drug-likeness (QED) is 0.853. The molecule has 2 aromatic heterocycles. The Bertz CT molecular complexity index is 790. The number of nitrogens with one attached hydrogen (secondary N) is 1. The fraction of sp³-hybridized carbons (Fsp3) is 0.600. The topological polar surface area (TPSA) is 91.2 Å². The van der Waals surface area contributed by atoms with E-state index >= 15 is 0 Å². The van der Waals surface area contributed by atoms with Gasteiger partial charge in [-0.05, 0) is 24.8 Å². The highest BCUT2D eigenvalue weighted by atomic mass is 32.1. The van der Waals surface area contributed by atoms with Crippen molar-refractivity contribution in [3.8, 4) is 0 Å². The summed E-state index contributed by atoms with van der Waals surface area (Å²) in [6.45, 7) is 1.36. The molecule has 3 heterocycles. The van der Waals surface area contributed by atoms with E-state index in [1.165, 1.54) is 11.5 Å². The molecule has 128 valence electrons. The molecule has 1 saturated heterocycles. The van der Waals surface area contributed by atoms with Gasteiger partial charge < -0.3 is 14.8 Å². The SMILES string of the molecule is COCc1nsc(NC2COCC2n2nc3c(cc2=O)CCC3)n1. The molecule has 24 heavy (non-hydrogen) atoms. The number of anilines is 1. The largest absolute Gasteiger partial charge is 0.377 e. The van der Waals surface area contributed by atoms with Crippen LogP contribution in [0.25, 0.3) is 0 Å². The Labute approximate surface area is 143 Å². The normalized spacial score (nSPS) is 22.7. The molecular weight excluding hydrogens is 330 g/mol. The average Bonchev–Trinajstić information content (AvgIpc) is 3.28. The zero-order valence-corrected chi connectivity index (χ0v) is 14.2. The van der Waals surface area contributed by atoms with Gasteiger partial charge in [0.2, 0.25) is 5.13 Å². The minimum Gasteiger partial charge on any atom is -0.377 e. The predicted octanol–water partition coefficient (Wildman–Crippen LogP) is 0.782. The molecule has 2 aliphatic rings. The molecule has 1 N–H and O–H groups in total. The van der Waals surface area contributed by atoms with E-state index in [1.54, 1.807) is 17.9 Å². The van der Waals surface area contributed by atoms with Crippen molar-refractivity contribution in [2.45, 2.75) is 38.0 Å². The number of aromatic nitrogens is 4. The van der Waals surface area contributed by atoms with Gasteiger partial charge in [-0.25, -0.2) is 9.67 Å². The van der Waals surface area contributed by atoms with E-state index < -0.39 is 0 Å². The zero-order chi connectivity index (χ0) is 16.5. The van der Waals surface area contributed by atoms with Gasteiger partial charge in [-0.3, -0.25) is 4.79 Å². The van der Waals surface area contributed by atoms with Gasteiger partial charge in [-0.15, -0.1) is 0 Å². The molecule has 2 unspecified atom stereocenters. The zero-order valence-electron chi connectivity index (χ0n) is 13.4. The van der Waals surface area contributed by atoms with Gasteiger partial charge in [-0.2, -0.15) is 9.47 Å². The van der Waals surface area contributed by atoms with Crippen LogP contribution in [0.1, 0.15) is 29.5 Å². The summed E-state index contributed by atoms with van der Waals surface area (Å²) in [7, 11) is 1.61. The lowest BCUT2D eigenvalue weighted by Gasteiger charge is -2.20. The summed E-state index contributed by atoms with van der Waals surface area (Å²) in [5.74, 6) is 0.647. The van der Waals surface area contributed by atoms with Crippen LogP contribution in [0, 0.1) is 0 Å². The molecule has 4 rings (SSSR count). The van der Waals surface area contributed by atoms with Gasteiger partial charge in [0.1, 0.15) is 12.6 Å². The summed E-state index contributed by atoms with van der Waals surface area (Å²) >= 11 is 1.28. The highest BCUT2D eigenvalue weighted by Crippen LogP contribution is 2.24. The van der Waals surface area contributed by atoms with Crippen molar-refractivity contribution in [2.24, 2.45) is 0 Å². The smallest absolute Gasteiger partial charge is 0.267 e. The maximum Gasteiger partial charge on any atom is 0.267 e. The molecule has 0 spiro atoms. The van der Waals surface area contributed by atoms with E-state index in [2.05, 4.69) is 19.8 Å². The lowest BCUT2D eigenvalue weighted by Crippen LogP contribution is -2.37. The van der Waals surface area contributed by atoms with Crippen LogP contribution in [-0.4, -0.2) is 45.5 Å². The maximum absolute atomic E-state index is 12.4. The Morgan fingerprint density at radius 3 is 3.25 bits per heavy atom. The van der Waals surface area contributed by atoms with E-state index in [0.717, 1.165) is 30.5 Å².